The molecule has 0 fully saturated rings. The van der Waals surface area contributed by atoms with E-state index >= 15 is 0 Å². The van der Waals surface area contributed by atoms with Gasteiger partial charge in [-0.05, 0) is 42.7 Å². The fourth-order valence-electron chi connectivity index (χ4n) is 2.25. The molecule has 2 aromatic rings. The average molecular weight is 385 g/mol. The summed E-state index contributed by atoms with van der Waals surface area (Å²) in [5.74, 6) is 0.628. The minimum atomic E-state index is -0.858. The number of hydrogen-bond acceptors (Lipinski definition) is 5. The molecular weight excluding hydrogens is 358 g/mol. The lowest BCUT2D eigenvalue weighted by molar-refractivity contribution is -0.156. The summed E-state index contributed by atoms with van der Waals surface area (Å²) in [6.45, 7) is 6.25. The largest absolute Gasteiger partial charge is 0.489 e. The predicted molar refractivity (Wildman–Crippen MR) is 106 cm³/mol. The smallest absolute Gasteiger partial charge is 0.344 e. The Morgan fingerprint density at radius 3 is 2.11 bits per heavy atom. The Bertz CT molecular complexity index is 743. The van der Waals surface area contributed by atoms with E-state index in [9.17, 15) is 9.59 Å². The van der Waals surface area contributed by atoms with Crippen LogP contribution in [-0.2, 0) is 20.9 Å². The van der Waals surface area contributed by atoms with E-state index in [1.807, 2.05) is 44.2 Å². The summed E-state index contributed by atoms with van der Waals surface area (Å²) >= 11 is 0. The lowest BCUT2D eigenvalue weighted by atomic mass is 10.2. The van der Waals surface area contributed by atoms with Crippen molar-refractivity contribution < 1.29 is 23.8 Å². The molecule has 0 bridgehead atoms. The van der Waals surface area contributed by atoms with Gasteiger partial charge in [-0.2, -0.15) is 0 Å². The van der Waals surface area contributed by atoms with Crippen LogP contribution in [0.2, 0.25) is 0 Å². The highest BCUT2D eigenvalue weighted by Gasteiger charge is 2.18. The van der Waals surface area contributed by atoms with Crippen molar-refractivity contribution in [2.45, 2.75) is 33.5 Å². The van der Waals surface area contributed by atoms with Gasteiger partial charge in [-0.3, -0.25) is 4.79 Å². The molecule has 0 aliphatic rings. The maximum atomic E-state index is 11.8. The molecule has 1 amide bonds. The first-order chi connectivity index (χ1) is 13.4. The van der Waals surface area contributed by atoms with Crippen molar-refractivity contribution in [3.05, 3.63) is 60.2 Å². The Morgan fingerprint density at radius 1 is 0.893 bits per heavy atom. The zero-order valence-corrected chi connectivity index (χ0v) is 16.5. The van der Waals surface area contributed by atoms with Crippen molar-refractivity contribution in [3.63, 3.8) is 0 Å². The van der Waals surface area contributed by atoms with Crippen molar-refractivity contribution >= 4 is 11.9 Å². The van der Waals surface area contributed by atoms with Gasteiger partial charge in [-0.25, -0.2) is 4.79 Å². The molecule has 6 nitrogen and oxygen atoms in total. The van der Waals surface area contributed by atoms with Gasteiger partial charge < -0.3 is 19.5 Å². The minimum Gasteiger partial charge on any atom is -0.489 e. The van der Waals surface area contributed by atoms with E-state index in [1.165, 1.54) is 6.92 Å². The van der Waals surface area contributed by atoms with Crippen LogP contribution in [0.15, 0.2) is 54.6 Å². The van der Waals surface area contributed by atoms with Gasteiger partial charge in [-0.1, -0.05) is 44.2 Å². The number of benzene rings is 2. The van der Waals surface area contributed by atoms with Crippen molar-refractivity contribution in [1.82, 2.24) is 5.32 Å². The normalized spacial score (nSPS) is 11.6. The van der Waals surface area contributed by atoms with Crippen LogP contribution in [0.1, 0.15) is 26.3 Å². The van der Waals surface area contributed by atoms with Crippen LogP contribution < -0.4 is 14.8 Å². The SMILES string of the molecule is CC(C)CNC(=O)[C@@H](C)OC(=O)COc1ccc(OCc2ccccc2)cc1. The number of rotatable bonds is 10. The van der Waals surface area contributed by atoms with Crippen LogP contribution >= 0.6 is 0 Å². The zero-order chi connectivity index (χ0) is 20.4. The molecule has 0 spiro atoms. The third kappa shape index (κ3) is 7.70. The van der Waals surface area contributed by atoms with Gasteiger partial charge in [0.25, 0.3) is 5.91 Å². The van der Waals surface area contributed by atoms with Gasteiger partial charge in [0.15, 0.2) is 12.7 Å². The van der Waals surface area contributed by atoms with E-state index in [2.05, 4.69) is 5.32 Å². The molecule has 0 aromatic heterocycles. The Morgan fingerprint density at radius 2 is 1.50 bits per heavy atom. The highest BCUT2D eigenvalue weighted by Crippen LogP contribution is 2.18. The van der Waals surface area contributed by atoms with Crippen molar-refractivity contribution in [2.75, 3.05) is 13.2 Å². The van der Waals surface area contributed by atoms with Gasteiger partial charge in [0.05, 0.1) is 0 Å². The number of amides is 1. The zero-order valence-electron chi connectivity index (χ0n) is 16.5. The monoisotopic (exact) mass is 385 g/mol. The second-order valence-electron chi connectivity index (χ2n) is 6.81. The van der Waals surface area contributed by atoms with Gasteiger partial charge in [0.1, 0.15) is 18.1 Å². The van der Waals surface area contributed by atoms with Crippen molar-refractivity contribution in [2.24, 2.45) is 5.92 Å². The quantitative estimate of drug-likeness (QED) is 0.635. The maximum absolute atomic E-state index is 11.8. The molecule has 0 aliphatic heterocycles. The predicted octanol–water partition coefficient (Wildman–Crippen LogP) is 3.35. The number of hydrogen-bond donors (Lipinski definition) is 1. The highest BCUT2D eigenvalue weighted by molar-refractivity contribution is 5.83. The van der Waals surface area contributed by atoms with Crippen LogP contribution in [0, 0.1) is 5.92 Å². The molecule has 1 atom stereocenters. The summed E-state index contributed by atoms with van der Waals surface area (Å²) in [7, 11) is 0. The molecule has 0 unspecified atom stereocenters. The third-order valence-corrected chi connectivity index (χ3v) is 3.79. The first-order valence-electron chi connectivity index (χ1n) is 9.31. The summed E-state index contributed by atoms with van der Waals surface area (Å²) in [4.78, 5) is 23.7. The molecule has 2 aromatic carbocycles. The number of esters is 1. The number of nitrogens with one attached hydrogen (secondary N) is 1. The molecular formula is C22H27NO5. The van der Waals surface area contributed by atoms with Gasteiger partial charge >= 0.3 is 5.97 Å². The molecule has 0 saturated heterocycles. The Labute approximate surface area is 165 Å². The molecule has 150 valence electrons. The molecule has 0 heterocycles. The molecule has 1 N–H and O–H groups in total. The number of carbonyl (C=O) groups excluding carboxylic acids is 2. The second-order valence-corrected chi connectivity index (χ2v) is 6.81. The van der Waals surface area contributed by atoms with Crippen LogP contribution in [0.4, 0.5) is 0 Å². The molecule has 0 saturated carbocycles. The van der Waals surface area contributed by atoms with Crippen LogP contribution in [0.25, 0.3) is 0 Å². The Kier molecular flexibility index (Phi) is 8.34. The van der Waals surface area contributed by atoms with E-state index in [0.29, 0.717) is 30.6 Å². The summed E-state index contributed by atoms with van der Waals surface area (Å²) in [5, 5.41) is 2.72. The van der Waals surface area contributed by atoms with Gasteiger partial charge in [-0.15, -0.1) is 0 Å². The first-order valence-corrected chi connectivity index (χ1v) is 9.31. The summed E-state index contributed by atoms with van der Waals surface area (Å²) < 4.78 is 16.2. The second kappa shape index (κ2) is 11.0. The van der Waals surface area contributed by atoms with Gasteiger partial charge in [0.2, 0.25) is 0 Å². The number of carbonyl (C=O) groups is 2. The lowest BCUT2D eigenvalue weighted by Gasteiger charge is -2.15. The van der Waals surface area contributed by atoms with Crippen LogP contribution in [-0.4, -0.2) is 31.1 Å². The van der Waals surface area contributed by atoms with Crippen molar-refractivity contribution in [1.29, 1.82) is 0 Å². The maximum Gasteiger partial charge on any atom is 0.344 e. The average Bonchev–Trinajstić information content (AvgIpc) is 2.70. The molecule has 28 heavy (non-hydrogen) atoms. The molecule has 0 aliphatic carbocycles. The van der Waals surface area contributed by atoms with Crippen LogP contribution in [0.3, 0.4) is 0 Å². The van der Waals surface area contributed by atoms with E-state index in [-0.39, 0.29) is 12.5 Å². The molecule has 6 heteroatoms. The molecule has 2 rings (SSSR count). The molecule has 0 radical (unpaired) electrons. The lowest BCUT2D eigenvalue weighted by Crippen LogP contribution is -2.38. The Hall–Kier alpha value is -3.02. The fraction of sp³-hybridized carbons (Fsp3) is 0.364. The minimum absolute atomic E-state index is 0.272. The standard InChI is InChI=1S/C22H27NO5/c1-16(2)13-23-22(25)17(3)28-21(24)15-27-20-11-9-19(10-12-20)26-14-18-7-5-4-6-8-18/h4-12,16-17H,13-15H2,1-3H3,(H,23,25)/t17-/m1/s1. The highest BCUT2D eigenvalue weighted by atomic mass is 16.6. The van der Waals surface area contributed by atoms with E-state index in [4.69, 9.17) is 14.2 Å². The summed E-state index contributed by atoms with van der Waals surface area (Å²) in [6, 6.07) is 16.8. The topological polar surface area (TPSA) is 73.9 Å². The first kappa shape index (κ1) is 21.3. The Balaban J connectivity index is 1.71. The summed E-state index contributed by atoms with van der Waals surface area (Å²) in [5.41, 5.74) is 1.08. The van der Waals surface area contributed by atoms with E-state index in [1.54, 1.807) is 24.3 Å². The number of ether oxygens (including phenoxy) is 3. The van der Waals surface area contributed by atoms with E-state index in [0.717, 1.165) is 5.56 Å². The van der Waals surface area contributed by atoms with Crippen LogP contribution in [0.5, 0.6) is 11.5 Å². The van der Waals surface area contributed by atoms with Gasteiger partial charge in [0, 0.05) is 6.54 Å². The van der Waals surface area contributed by atoms with Crippen molar-refractivity contribution in [3.8, 4) is 11.5 Å². The van der Waals surface area contributed by atoms with E-state index < -0.39 is 12.1 Å². The third-order valence-electron chi connectivity index (χ3n) is 3.79. The fourth-order valence-corrected chi connectivity index (χ4v) is 2.25. The summed E-state index contributed by atoms with van der Waals surface area (Å²) in [6.07, 6.45) is -0.858.